The minimum Gasteiger partial charge on any atom is -0.444 e. The zero-order chi connectivity index (χ0) is 16.6. The molecule has 1 atom stereocenters. The lowest BCUT2D eigenvalue weighted by Crippen LogP contribution is -2.35. The Labute approximate surface area is 136 Å². The molecule has 1 saturated heterocycles. The van der Waals surface area contributed by atoms with Gasteiger partial charge in [0.05, 0.1) is 0 Å². The lowest BCUT2D eigenvalue weighted by atomic mass is 9.92. The summed E-state index contributed by atoms with van der Waals surface area (Å²) in [6.07, 6.45) is 0.598. The van der Waals surface area contributed by atoms with Crippen LogP contribution >= 0.6 is 0 Å². The van der Waals surface area contributed by atoms with Crippen molar-refractivity contribution < 1.29 is 13.9 Å². The van der Waals surface area contributed by atoms with Crippen LogP contribution in [0.15, 0.2) is 36.4 Å². The molecule has 1 heterocycles. The van der Waals surface area contributed by atoms with Crippen molar-refractivity contribution in [1.82, 2.24) is 4.90 Å². The second kappa shape index (κ2) is 5.84. The van der Waals surface area contributed by atoms with Gasteiger partial charge < -0.3 is 9.64 Å². The van der Waals surface area contributed by atoms with Crippen molar-refractivity contribution in [3.63, 3.8) is 0 Å². The van der Waals surface area contributed by atoms with Gasteiger partial charge in [0.2, 0.25) is 0 Å². The molecule has 0 aromatic heterocycles. The smallest absolute Gasteiger partial charge is 0.410 e. The number of fused-ring (bicyclic) bond motifs is 1. The molecule has 1 fully saturated rings. The largest absolute Gasteiger partial charge is 0.444 e. The van der Waals surface area contributed by atoms with E-state index < -0.39 is 5.60 Å². The number of halogens is 1. The van der Waals surface area contributed by atoms with Gasteiger partial charge in [-0.1, -0.05) is 30.3 Å². The third-order valence-corrected chi connectivity index (χ3v) is 4.18. The number of ether oxygens (including phenoxy) is 1. The van der Waals surface area contributed by atoms with Crippen LogP contribution in [0.4, 0.5) is 9.18 Å². The van der Waals surface area contributed by atoms with Gasteiger partial charge in [-0.2, -0.15) is 0 Å². The maximum absolute atomic E-state index is 14.0. The first-order chi connectivity index (χ1) is 10.8. The molecular weight excluding hydrogens is 293 g/mol. The maximum atomic E-state index is 14.0. The third kappa shape index (κ3) is 3.31. The van der Waals surface area contributed by atoms with Crippen molar-refractivity contribution in [2.24, 2.45) is 0 Å². The Kier molecular flexibility index (Phi) is 4.00. The zero-order valence-electron chi connectivity index (χ0n) is 13.8. The minimum atomic E-state index is -0.488. The predicted molar refractivity (Wildman–Crippen MR) is 89.1 cm³/mol. The Morgan fingerprint density at radius 1 is 1.17 bits per heavy atom. The number of hydrogen-bond acceptors (Lipinski definition) is 2. The summed E-state index contributed by atoms with van der Waals surface area (Å²) in [5, 5.41) is 1.57. The van der Waals surface area contributed by atoms with Gasteiger partial charge >= 0.3 is 6.09 Å². The minimum absolute atomic E-state index is 0.202. The Balaban J connectivity index is 1.83. The van der Waals surface area contributed by atoms with E-state index in [1.54, 1.807) is 11.0 Å². The van der Waals surface area contributed by atoms with E-state index in [2.05, 4.69) is 0 Å². The molecule has 122 valence electrons. The molecule has 1 aliphatic rings. The summed E-state index contributed by atoms with van der Waals surface area (Å²) in [6.45, 7) is 6.89. The van der Waals surface area contributed by atoms with E-state index in [0.29, 0.717) is 18.5 Å². The zero-order valence-corrected chi connectivity index (χ0v) is 13.8. The van der Waals surface area contributed by atoms with Crippen molar-refractivity contribution >= 4 is 16.9 Å². The second-order valence-corrected chi connectivity index (χ2v) is 7.09. The number of carbonyl (C=O) groups excluding carboxylic acids is 1. The van der Waals surface area contributed by atoms with Crippen LogP contribution in [0.5, 0.6) is 0 Å². The molecule has 0 radical (unpaired) electrons. The Bertz CT molecular complexity index is 736. The first kappa shape index (κ1) is 15.8. The van der Waals surface area contributed by atoms with Gasteiger partial charge in [0.1, 0.15) is 11.4 Å². The number of nitrogens with zero attached hydrogens (tertiary/aromatic N) is 1. The summed E-state index contributed by atoms with van der Waals surface area (Å²) < 4.78 is 19.4. The van der Waals surface area contributed by atoms with E-state index in [1.807, 2.05) is 45.0 Å². The number of rotatable bonds is 1. The van der Waals surface area contributed by atoms with Gasteiger partial charge in [0, 0.05) is 24.4 Å². The van der Waals surface area contributed by atoms with Crippen LogP contribution in [0.25, 0.3) is 10.8 Å². The third-order valence-electron chi connectivity index (χ3n) is 4.18. The predicted octanol–water partition coefficient (Wildman–Crippen LogP) is 4.70. The highest BCUT2D eigenvalue weighted by atomic mass is 19.1. The fraction of sp³-hybridized carbons (Fsp3) is 0.421. The van der Waals surface area contributed by atoms with Crippen LogP contribution in [0.1, 0.15) is 38.7 Å². The van der Waals surface area contributed by atoms with Crippen LogP contribution in [0.2, 0.25) is 0 Å². The van der Waals surface area contributed by atoms with Crippen molar-refractivity contribution in [2.75, 3.05) is 13.1 Å². The molecule has 0 aliphatic carbocycles. The fourth-order valence-electron chi connectivity index (χ4n) is 3.15. The molecule has 0 bridgehead atoms. The number of benzene rings is 2. The highest BCUT2D eigenvalue weighted by molar-refractivity contribution is 5.87. The van der Waals surface area contributed by atoms with Gasteiger partial charge in [-0.05, 0) is 44.2 Å². The normalized spacial score (nSPS) is 18.4. The summed E-state index contributed by atoms with van der Waals surface area (Å²) in [5.74, 6) is 0.0133. The molecule has 0 saturated carbocycles. The van der Waals surface area contributed by atoms with Crippen molar-refractivity contribution in [1.29, 1.82) is 0 Å². The van der Waals surface area contributed by atoms with Gasteiger partial charge in [0.25, 0.3) is 0 Å². The molecule has 1 aliphatic heterocycles. The molecule has 4 heteroatoms. The number of likely N-dealkylation sites (tertiary alicyclic amines) is 1. The van der Waals surface area contributed by atoms with Gasteiger partial charge in [-0.15, -0.1) is 0 Å². The lowest BCUT2D eigenvalue weighted by molar-refractivity contribution is 0.0292. The molecule has 3 rings (SSSR count). The average molecular weight is 315 g/mol. The van der Waals surface area contributed by atoms with E-state index in [0.717, 1.165) is 17.4 Å². The Hall–Kier alpha value is -2.10. The summed E-state index contributed by atoms with van der Waals surface area (Å²) in [6, 6.07) is 10.9. The summed E-state index contributed by atoms with van der Waals surface area (Å²) in [5.41, 5.74) is 0.616. The lowest BCUT2D eigenvalue weighted by Gasteiger charge is -2.24. The first-order valence-electron chi connectivity index (χ1n) is 8.00. The molecular formula is C19H22FNO2. The van der Waals surface area contributed by atoms with Crippen LogP contribution in [-0.4, -0.2) is 29.7 Å². The molecule has 0 N–H and O–H groups in total. The first-order valence-corrected chi connectivity index (χ1v) is 8.00. The number of carbonyl (C=O) groups is 1. The Morgan fingerprint density at radius 3 is 2.57 bits per heavy atom. The highest BCUT2D eigenvalue weighted by Crippen LogP contribution is 2.34. The van der Waals surface area contributed by atoms with Crippen LogP contribution in [0, 0.1) is 5.82 Å². The topological polar surface area (TPSA) is 29.5 Å². The van der Waals surface area contributed by atoms with Crippen molar-refractivity contribution in [3.8, 4) is 0 Å². The van der Waals surface area contributed by atoms with Gasteiger partial charge in [-0.25, -0.2) is 9.18 Å². The van der Waals surface area contributed by atoms with Crippen molar-refractivity contribution in [3.05, 3.63) is 47.8 Å². The summed E-state index contributed by atoms with van der Waals surface area (Å²) in [7, 11) is 0. The molecule has 0 spiro atoms. The number of hydrogen-bond donors (Lipinski definition) is 0. The van der Waals surface area contributed by atoms with Crippen LogP contribution in [-0.2, 0) is 4.74 Å². The van der Waals surface area contributed by atoms with Crippen LogP contribution in [0.3, 0.4) is 0 Å². The van der Waals surface area contributed by atoms with Crippen LogP contribution < -0.4 is 0 Å². The van der Waals surface area contributed by atoms with E-state index in [4.69, 9.17) is 4.74 Å². The molecule has 2 aromatic carbocycles. The fourth-order valence-corrected chi connectivity index (χ4v) is 3.15. The maximum Gasteiger partial charge on any atom is 0.410 e. The SMILES string of the molecule is CC(C)(C)OC(=O)N1CCC(c2ccc(F)c3ccccc23)C1. The van der Waals surface area contributed by atoms with Gasteiger partial charge in [-0.3, -0.25) is 0 Å². The van der Waals surface area contributed by atoms with E-state index in [9.17, 15) is 9.18 Å². The number of amides is 1. The van der Waals surface area contributed by atoms with Crippen molar-refractivity contribution in [2.45, 2.75) is 38.7 Å². The van der Waals surface area contributed by atoms with E-state index in [1.165, 1.54) is 6.07 Å². The van der Waals surface area contributed by atoms with E-state index in [-0.39, 0.29) is 17.8 Å². The Morgan fingerprint density at radius 2 is 1.87 bits per heavy atom. The monoisotopic (exact) mass is 315 g/mol. The standard InChI is InChI=1S/C19H22FNO2/c1-19(2,3)23-18(22)21-11-10-13(12-21)14-8-9-17(20)16-7-5-4-6-15(14)16/h4-9,13H,10-12H2,1-3H3. The molecule has 23 heavy (non-hydrogen) atoms. The quantitative estimate of drug-likeness (QED) is 0.763. The molecule has 1 amide bonds. The highest BCUT2D eigenvalue weighted by Gasteiger charge is 2.31. The molecule has 2 aromatic rings. The summed E-state index contributed by atoms with van der Waals surface area (Å²) in [4.78, 5) is 13.9. The van der Waals surface area contributed by atoms with E-state index >= 15 is 0 Å². The van der Waals surface area contributed by atoms with Gasteiger partial charge in [0.15, 0.2) is 0 Å². The molecule has 3 nitrogen and oxygen atoms in total. The summed E-state index contributed by atoms with van der Waals surface area (Å²) >= 11 is 0. The molecule has 1 unspecified atom stereocenters. The average Bonchev–Trinajstić information content (AvgIpc) is 2.96. The second-order valence-electron chi connectivity index (χ2n) is 7.09.